The fraction of sp³-hybridized carbons (Fsp3) is 0.240. The number of nitrogens with one attached hydrogen (secondary N) is 1. The fourth-order valence-corrected chi connectivity index (χ4v) is 5.62. The average Bonchev–Trinajstić information content (AvgIpc) is 3.06. The molecule has 7 heteroatoms. The Labute approximate surface area is 195 Å². The van der Waals surface area contributed by atoms with Gasteiger partial charge in [0.05, 0.1) is 11.1 Å². The molecular formula is C25H25N3O2S2. The molecule has 0 saturated carbocycles. The molecule has 1 N–H and O–H groups in total. The predicted octanol–water partition coefficient (Wildman–Crippen LogP) is 6.05. The van der Waals surface area contributed by atoms with Crippen molar-refractivity contribution in [2.75, 3.05) is 11.1 Å². The van der Waals surface area contributed by atoms with Gasteiger partial charge in [0.15, 0.2) is 5.16 Å². The van der Waals surface area contributed by atoms with Crippen molar-refractivity contribution in [3.63, 3.8) is 0 Å². The van der Waals surface area contributed by atoms with Gasteiger partial charge in [0.25, 0.3) is 5.56 Å². The molecule has 32 heavy (non-hydrogen) atoms. The Bertz CT molecular complexity index is 1340. The number of anilines is 1. The van der Waals surface area contributed by atoms with Gasteiger partial charge < -0.3 is 5.32 Å². The molecule has 5 nitrogen and oxygen atoms in total. The van der Waals surface area contributed by atoms with Crippen LogP contribution in [0.4, 0.5) is 5.69 Å². The van der Waals surface area contributed by atoms with Gasteiger partial charge in [-0.3, -0.25) is 14.2 Å². The molecule has 2 aromatic heterocycles. The number of carbonyl (C=O) groups excluding carboxylic acids is 1. The van der Waals surface area contributed by atoms with Crippen molar-refractivity contribution in [3.8, 4) is 11.1 Å². The second-order valence-electron chi connectivity index (χ2n) is 7.88. The van der Waals surface area contributed by atoms with Crippen LogP contribution < -0.4 is 10.9 Å². The SMILES string of the molecule is Cc1sc2nc(SCC(=O)Nc3ccccc3-c3ccccc3)n(C(C)C)c(=O)c2c1C. The Hall–Kier alpha value is -2.90. The molecule has 2 aromatic carbocycles. The predicted molar refractivity (Wildman–Crippen MR) is 135 cm³/mol. The van der Waals surface area contributed by atoms with Crippen molar-refractivity contribution in [2.45, 2.75) is 38.9 Å². The minimum atomic E-state index is -0.137. The highest BCUT2D eigenvalue weighted by Gasteiger charge is 2.19. The van der Waals surface area contributed by atoms with Crippen LogP contribution in [0.1, 0.15) is 30.3 Å². The number of carbonyl (C=O) groups is 1. The molecular weight excluding hydrogens is 438 g/mol. The van der Waals surface area contributed by atoms with Crippen LogP contribution in [0, 0.1) is 13.8 Å². The number of hydrogen-bond donors (Lipinski definition) is 1. The van der Waals surface area contributed by atoms with Crippen molar-refractivity contribution >= 4 is 44.9 Å². The van der Waals surface area contributed by atoms with Gasteiger partial charge in [0.1, 0.15) is 4.83 Å². The summed E-state index contributed by atoms with van der Waals surface area (Å²) < 4.78 is 1.69. The Morgan fingerprint density at radius 1 is 1.09 bits per heavy atom. The molecule has 4 aromatic rings. The van der Waals surface area contributed by atoms with Crippen molar-refractivity contribution in [2.24, 2.45) is 0 Å². The van der Waals surface area contributed by atoms with Crippen LogP contribution in [0.25, 0.3) is 21.3 Å². The number of aryl methyl sites for hydroxylation is 2. The van der Waals surface area contributed by atoms with Crippen molar-refractivity contribution in [1.82, 2.24) is 9.55 Å². The van der Waals surface area contributed by atoms with E-state index in [0.717, 1.165) is 32.1 Å². The van der Waals surface area contributed by atoms with Crippen LogP contribution in [0.3, 0.4) is 0 Å². The first-order valence-corrected chi connectivity index (χ1v) is 12.3. The lowest BCUT2D eigenvalue weighted by molar-refractivity contribution is -0.113. The summed E-state index contributed by atoms with van der Waals surface area (Å²) in [4.78, 5) is 32.6. The number of amides is 1. The number of thiophene rings is 1. The number of thioether (sulfide) groups is 1. The third-order valence-electron chi connectivity index (χ3n) is 5.34. The van der Waals surface area contributed by atoms with Crippen LogP contribution in [-0.2, 0) is 4.79 Å². The topological polar surface area (TPSA) is 64.0 Å². The molecule has 0 spiro atoms. The van der Waals surface area contributed by atoms with Crippen LogP contribution in [-0.4, -0.2) is 21.2 Å². The number of para-hydroxylation sites is 1. The van der Waals surface area contributed by atoms with Crippen LogP contribution in [0.15, 0.2) is 64.5 Å². The van der Waals surface area contributed by atoms with Crippen molar-refractivity contribution in [3.05, 3.63) is 75.4 Å². The number of rotatable bonds is 6. The highest BCUT2D eigenvalue weighted by molar-refractivity contribution is 7.99. The van der Waals surface area contributed by atoms with Gasteiger partial charge in [-0.05, 0) is 44.9 Å². The molecule has 0 unspecified atom stereocenters. The van der Waals surface area contributed by atoms with Gasteiger partial charge in [0.2, 0.25) is 5.91 Å². The normalized spacial score (nSPS) is 11.3. The Morgan fingerprint density at radius 2 is 1.78 bits per heavy atom. The Morgan fingerprint density at radius 3 is 2.50 bits per heavy atom. The van der Waals surface area contributed by atoms with E-state index in [4.69, 9.17) is 4.98 Å². The number of hydrogen-bond acceptors (Lipinski definition) is 5. The minimum absolute atomic E-state index is 0.0378. The second kappa shape index (κ2) is 9.30. The van der Waals surface area contributed by atoms with Gasteiger partial charge in [-0.15, -0.1) is 11.3 Å². The Balaban J connectivity index is 1.58. The monoisotopic (exact) mass is 463 g/mol. The van der Waals surface area contributed by atoms with Crippen LogP contribution in [0.5, 0.6) is 0 Å². The summed E-state index contributed by atoms with van der Waals surface area (Å²) in [5.74, 6) is 0.0264. The van der Waals surface area contributed by atoms with E-state index in [1.807, 2.05) is 82.3 Å². The molecule has 164 valence electrons. The summed E-state index contributed by atoms with van der Waals surface area (Å²) in [5, 5.41) is 4.28. The van der Waals surface area contributed by atoms with E-state index in [-0.39, 0.29) is 23.3 Å². The van der Waals surface area contributed by atoms with E-state index in [1.165, 1.54) is 23.1 Å². The number of nitrogens with zero attached hydrogens (tertiary/aromatic N) is 2. The highest BCUT2D eigenvalue weighted by Crippen LogP contribution is 2.30. The first-order chi connectivity index (χ1) is 15.4. The lowest BCUT2D eigenvalue weighted by atomic mass is 10.0. The molecule has 0 saturated heterocycles. The average molecular weight is 464 g/mol. The van der Waals surface area contributed by atoms with Gasteiger partial charge in [0, 0.05) is 22.2 Å². The van der Waals surface area contributed by atoms with E-state index in [2.05, 4.69) is 5.32 Å². The fourth-order valence-electron chi connectivity index (χ4n) is 3.62. The standard InChI is InChI=1S/C25H25N3O2S2/c1-15(2)28-24(30)22-16(3)17(4)32-23(22)27-25(28)31-14-21(29)26-20-13-9-8-12-19(20)18-10-6-5-7-11-18/h5-13,15H,14H2,1-4H3,(H,26,29). The summed E-state index contributed by atoms with van der Waals surface area (Å²) in [6.45, 7) is 7.89. The maximum absolute atomic E-state index is 13.2. The van der Waals surface area contributed by atoms with Crippen LogP contribution in [0.2, 0.25) is 0 Å². The Kier molecular flexibility index (Phi) is 6.48. The largest absolute Gasteiger partial charge is 0.325 e. The van der Waals surface area contributed by atoms with Gasteiger partial charge in [-0.2, -0.15) is 0 Å². The molecule has 0 fully saturated rings. The summed E-state index contributed by atoms with van der Waals surface area (Å²) >= 11 is 2.82. The summed E-state index contributed by atoms with van der Waals surface area (Å²) in [6, 6.07) is 17.7. The third-order valence-corrected chi connectivity index (χ3v) is 7.39. The van der Waals surface area contributed by atoms with Crippen molar-refractivity contribution in [1.29, 1.82) is 0 Å². The zero-order valence-corrected chi connectivity index (χ0v) is 20.1. The molecule has 4 rings (SSSR count). The van der Waals surface area contributed by atoms with Gasteiger partial charge in [-0.25, -0.2) is 4.98 Å². The molecule has 2 heterocycles. The molecule has 0 radical (unpaired) electrons. The van der Waals surface area contributed by atoms with E-state index in [9.17, 15) is 9.59 Å². The van der Waals surface area contributed by atoms with E-state index in [0.29, 0.717) is 10.5 Å². The summed E-state index contributed by atoms with van der Waals surface area (Å²) in [5.41, 5.74) is 3.72. The second-order valence-corrected chi connectivity index (χ2v) is 10.0. The number of fused-ring (bicyclic) bond motifs is 1. The zero-order chi connectivity index (χ0) is 22.8. The van der Waals surface area contributed by atoms with Gasteiger partial charge >= 0.3 is 0 Å². The molecule has 0 atom stereocenters. The number of benzene rings is 2. The maximum atomic E-state index is 13.2. The van der Waals surface area contributed by atoms with E-state index in [1.54, 1.807) is 4.57 Å². The molecule has 0 bridgehead atoms. The molecule has 1 amide bonds. The third kappa shape index (κ3) is 4.36. The van der Waals surface area contributed by atoms with Crippen molar-refractivity contribution < 1.29 is 4.79 Å². The molecule has 0 aliphatic carbocycles. The first-order valence-electron chi connectivity index (χ1n) is 10.5. The van der Waals surface area contributed by atoms with E-state index < -0.39 is 0 Å². The quantitative estimate of drug-likeness (QED) is 0.279. The zero-order valence-electron chi connectivity index (χ0n) is 18.5. The smallest absolute Gasteiger partial charge is 0.263 e. The summed E-state index contributed by atoms with van der Waals surface area (Å²) in [7, 11) is 0. The molecule has 0 aliphatic heterocycles. The number of aromatic nitrogens is 2. The molecule has 0 aliphatic rings. The van der Waals surface area contributed by atoms with E-state index >= 15 is 0 Å². The van der Waals surface area contributed by atoms with Crippen LogP contribution >= 0.6 is 23.1 Å². The first kappa shape index (κ1) is 22.3. The lowest BCUT2D eigenvalue weighted by Crippen LogP contribution is -2.25. The maximum Gasteiger partial charge on any atom is 0.263 e. The minimum Gasteiger partial charge on any atom is -0.325 e. The lowest BCUT2D eigenvalue weighted by Gasteiger charge is -2.15. The summed E-state index contributed by atoms with van der Waals surface area (Å²) in [6.07, 6.45) is 0. The van der Waals surface area contributed by atoms with Gasteiger partial charge in [-0.1, -0.05) is 60.3 Å². The highest BCUT2D eigenvalue weighted by atomic mass is 32.2.